The van der Waals surface area contributed by atoms with Crippen LogP contribution in [0.4, 0.5) is 0 Å². The van der Waals surface area contributed by atoms with Gasteiger partial charge in [0.15, 0.2) is 0 Å². The number of ether oxygens (including phenoxy) is 1. The van der Waals surface area contributed by atoms with Gasteiger partial charge in [0, 0.05) is 12.2 Å². The van der Waals surface area contributed by atoms with Gasteiger partial charge < -0.3 is 9.84 Å². The van der Waals surface area contributed by atoms with Crippen molar-refractivity contribution in [3.8, 4) is 0 Å². The van der Waals surface area contributed by atoms with Crippen molar-refractivity contribution in [1.29, 1.82) is 0 Å². The summed E-state index contributed by atoms with van der Waals surface area (Å²) in [6, 6.07) is 0. The molecule has 1 N–H and O–H groups in total. The summed E-state index contributed by atoms with van der Waals surface area (Å²) in [6.07, 6.45) is 5.63. The third-order valence-electron chi connectivity index (χ3n) is 1.91. The molecule has 0 aliphatic rings. The van der Waals surface area contributed by atoms with Gasteiger partial charge in [-0.1, -0.05) is 12.5 Å². The van der Waals surface area contributed by atoms with E-state index in [-0.39, 0.29) is 12.6 Å². The second kappa shape index (κ2) is 8.75. The van der Waals surface area contributed by atoms with Gasteiger partial charge in [0.25, 0.3) is 0 Å². The van der Waals surface area contributed by atoms with E-state index in [1.165, 1.54) is 0 Å². The molecule has 82 valence electrons. The quantitative estimate of drug-likeness (QED) is 0.388. The van der Waals surface area contributed by atoms with Crippen molar-refractivity contribution in [2.75, 3.05) is 13.2 Å². The van der Waals surface area contributed by atoms with E-state index >= 15 is 0 Å². The molecule has 0 amide bonds. The molecule has 3 heteroatoms. The van der Waals surface area contributed by atoms with E-state index in [2.05, 4.69) is 0 Å². The zero-order chi connectivity index (χ0) is 10.8. The number of aliphatic hydroxyl groups is 1. The summed E-state index contributed by atoms with van der Waals surface area (Å²) in [5.74, 6) is -0.227. The fourth-order valence-electron chi connectivity index (χ4n) is 1.08. The summed E-state index contributed by atoms with van der Waals surface area (Å²) in [6.45, 7) is 4.24. The van der Waals surface area contributed by atoms with Gasteiger partial charge in [-0.3, -0.25) is 0 Å². The Kier molecular flexibility index (Phi) is 8.24. The summed E-state index contributed by atoms with van der Waals surface area (Å²) < 4.78 is 4.83. The molecule has 0 unspecified atom stereocenters. The molecule has 0 aliphatic heterocycles. The normalized spacial score (nSPS) is 11.5. The molecule has 0 saturated heterocycles. The number of hydrogen-bond donors (Lipinski definition) is 1. The largest absolute Gasteiger partial charge is 0.463 e. The second-order valence-electron chi connectivity index (χ2n) is 3.18. The lowest BCUT2D eigenvalue weighted by Crippen LogP contribution is -2.04. The van der Waals surface area contributed by atoms with Crippen molar-refractivity contribution >= 4 is 5.97 Å². The highest BCUT2D eigenvalue weighted by Gasteiger charge is 2.02. The molecule has 0 spiro atoms. The van der Waals surface area contributed by atoms with E-state index in [0.717, 1.165) is 25.7 Å². The fraction of sp³-hybridized carbons (Fsp3) is 0.727. The molecule has 0 aliphatic carbocycles. The summed E-state index contributed by atoms with van der Waals surface area (Å²) >= 11 is 0. The highest BCUT2D eigenvalue weighted by atomic mass is 16.5. The van der Waals surface area contributed by atoms with Crippen molar-refractivity contribution in [1.82, 2.24) is 0 Å². The molecule has 0 aromatic heterocycles. The van der Waals surface area contributed by atoms with Gasteiger partial charge in [-0.2, -0.15) is 0 Å². The van der Waals surface area contributed by atoms with E-state index < -0.39 is 0 Å². The van der Waals surface area contributed by atoms with Crippen LogP contribution in [0.25, 0.3) is 0 Å². The molecule has 0 atom stereocenters. The predicted octanol–water partition coefficient (Wildman–Crippen LogP) is 2.05. The number of hydrogen-bond acceptors (Lipinski definition) is 3. The van der Waals surface area contributed by atoms with Crippen LogP contribution >= 0.6 is 0 Å². The molecular weight excluding hydrogens is 180 g/mol. The van der Waals surface area contributed by atoms with Crippen molar-refractivity contribution in [3.05, 3.63) is 11.6 Å². The van der Waals surface area contributed by atoms with E-state index in [1.807, 2.05) is 6.08 Å². The van der Waals surface area contributed by atoms with Gasteiger partial charge in [-0.25, -0.2) is 4.79 Å². The smallest absolute Gasteiger partial charge is 0.333 e. The third kappa shape index (κ3) is 6.66. The van der Waals surface area contributed by atoms with E-state index in [4.69, 9.17) is 9.84 Å². The zero-order valence-electron chi connectivity index (χ0n) is 9.08. The van der Waals surface area contributed by atoms with Gasteiger partial charge in [-0.05, 0) is 33.1 Å². The van der Waals surface area contributed by atoms with Gasteiger partial charge in [0.2, 0.25) is 0 Å². The maximum atomic E-state index is 11.1. The van der Waals surface area contributed by atoms with Gasteiger partial charge in [0.1, 0.15) is 0 Å². The highest BCUT2D eigenvalue weighted by Crippen LogP contribution is 2.04. The molecule has 0 radical (unpaired) electrons. The number of allylic oxidation sites excluding steroid dienone is 1. The maximum Gasteiger partial charge on any atom is 0.333 e. The molecular formula is C11H20O3. The Morgan fingerprint density at radius 1 is 1.36 bits per heavy atom. The van der Waals surface area contributed by atoms with E-state index in [0.29, 0.717) is 12.2 Å². The summed E-state index contributed by atoms with van der Waals surface area (Å²) in [7, 11) is 0. The standard InChI is InChI=1S/C11H20O3/c1-3-14-11(13)10(2)8-6-4-5-7-9-12/h8,12H,3-7,9H2,1-2H3/b10-8+. The number of rotatable bonds is 7. The molecule has 0 rings (SSSR count). The highest BCUT2D eigenvalue weighted by molar-refractivity contribution is 5.87. The molecule has 0 aromatic carbocycles. The lowest BCUT2D eigenvalue weighted by atomic mass is 10.1. The average Bonchev–Trinajstić information content (AvgIpc) is 2.17. The fourth-order valence-corrected chi connectivity index (χ4v) is 1.08. The topological polar surface area (TPSA) is 46.5 Å². The Morgan fingerprint density at radius 2 is 2.07 bits per heavy atom. The first-order chi connectivity index (χ1) is 6.72. The molecule has 0 bridgehead atoms. The van der Waals surface area contributed by atoms with Crippen LogP contribution in [-0.2, 0) is 9.53 Å². The van der Waals surface area contributed by atoms with Crippen LogP contribution in [0.15, 0.2) is 11.6 Å². The van der Waals surface area contributed by atoms with Gasteiger partial charge in [0.05, 0.1) is 6.61 Å². The van der Waals surface area contributed by atoms with Crippen LogP contribution in [-0.4, -0.2) is 24.3 Å². The van der Waals surface area contributed by atoms with Crippen LogP contribution in [0.1, 0.15) is 39.5 Å². The zero-order valence-corrected chi connectivity index (χ0v) is 9.08. The van der Waals surface area contributed by atoms with Gasteiger partial charge >= 0.3 is 5.97 Å². The van der Waals surface area contributed by atoms with Crippen LogP contribution in [0, 0.1) is 0 Å². The summed E-state index contributed by atoms with van der Waals surface area (Å²) in [5.41, 5.74) is 0.677. The predicted molar refractivity (Wildman–Crippen MR) is 55.9 cm³/mol. The Labute approximate surface area is 85.8 Å². The Bertz CT molecular complexity index is 185. The van der Waals surface area contributed by atoms with Crippen molar-refractivity contribution in [2.45, 2.75) is 39.5 Å². The number of esters is 1. The first-order valence-electron chi connectivity index (χ1n) is 5.17. The van der Waals surface area contributed by atoms with Crippen molar-refractivity contribution in [2.24, 2.45) is 0 Å². The molecule has 3 nitrogen and oxygen atoms in total. The minimum absolute atomic E-state index is 0.227. The average molecular weight is 200 g/mol. The second-order valence-corrected chi connectivity index (χ2v) is 3.18. The Hall–Kier alpha value is -0.830. The van der Waals surface area contributed by atoms with Crippen LogP contribution < -0.4 is 0 Å². The van der Waals surface area contributed by atoms with Gasteiger partial charge in [-0.15, -0.1) is 0 Å². The minimum Gasteiger partial charge on any atom is -0.463 e. The van der Waals surface area contributed by atoms with Crippen LogP contribution in [0.2, 0.25) is 0 Å². The molecule has 0 heterocycles. The lowest BCUT2D eigenvalue weighted by molar-refractivity contribution is -0.138. The Balaban J connectivity index is 3.60. The molecule has 0 aromatic rings. The molecule has 14 heavy (non-hydrogen) atoms. The van der Waals surface area contributed by atoms with E-state index in [9.17, 15) is 4.79 Å². The van der Waals surface area contributed by atoms with Crippen molar-refractivity contribution in [3.63, 3.8) is 0 Å². The van der Waals surface area contributed by atoms with E-state index in [1.54, 1.807) is 13.8 Å². The first kappa shape index (κ1) is 13.2. The number of unbranched alkanes of at least 4 members (excludes halogenated alkanes) is 3. The number of carbonyl (C=O) groups is 1. The third-order valence-corrected chi connectivity index (χ3v) is 1.91. The first-order valence-corrected chi connectivity index (χ1v) is 5.17. The maximum absolute atomic E-state index is 11.1. The number of carbonyl (C=O) groups excluding carboxylic acids is 1. The monoisotopic (exact) mass is 200 g/mol. The minimum atomic E-state index is -0.227. The SMILES string of the molecule is CCOC(=O)/C(C)=C/CCCCCO. The number of aliphatic hydroxyl groups excluding tert-OH is 1. The van der Waals surface area contributed by atoms with Crippen molar-refractivity contribution < 1.29 is 14.6 Å². The summed E-state index contributed by atoms with van der Waals surface area (Å²) in [5, 5.41) is 8.54. The van der Waals surface area contributed by atoms with Crippen LogP contribution in [0.3, 0.4) is 0 Å². The summed E-state index contributed by atoms with van der Waals surface area (Å²) in [4.78, 5) is 11.1. The lowest BCUT2D eigenvalue weighted by Gasteiger charge is -2.01. The van der Waals surface area contributed by atoms with Crippen LogP contribution in [0.5, 0.6) is 0 Å². The molecule has 0 saturated carbocycles. The molecule has 0 fully saturated rings. The Morgan fingerprint density at radius 3 is 2.64 bits per heavy atom.